The number of hydrogen-bond donors (Lipinski definition) is 3. The summed E-state index contributed by atoms with van der Waals surface area (Å²) in [5, 5.41) is 16.4. The molecule has 2 unspecified atom stereocenters. The molecular weight excluding hydrogens is 388 g/mol. The van der Waals surface area contributed by atoms with Crippen LogP contribution in [0.1, 0.15) is 57.1 Å². The second-order valence-corrected chi connectivity index (χ2v) is 8.37. The maximum atomic E-state index is 12.3. The largest absolute Gasteiger partial charge is 0.497 e. The lowest BCUT2D eigenvalue weighted by Gasteiger charge is -2.34. The fourth-order valence-corrected chi connectivity index (χ4v) is 3.55. The van der Waals surface area contributed by atoms with E-state index < -0.39 is 17.7 Å². The summed E-state index contributed by atoms with van der Waals surface area (Å²) >= 11 is 0. The molecule has 0 radical (unpaired) electrons. The Bertz CT molecular complexity index is 941. The molecule has 1 aliphatic carbocycles. The summed E-state index contributed by atoms with van der Waals surface area (Å²) in [7, 11) is 1.56. The zero-order valence-corrected chi connectivity index (χ0v) is 17.7. The van der Waals surface area contributed by atoms with E-state index in [1.54, 1.807) is 25.3 Å². The Morgan fingerprint density at radius 1 is 1.13 bits per heavy atom. The number of carbonyl (C=O) groups is 2. The van der Waals surface area contributed by atoms with Crippen LogP contribution in [-0.4, -0.2) is 51.9 Å². The number of aromatic nitrogens is 2. The van der Waals surface area contributed by atoms with Crippen LogP contribution in [0.25, 0.3) is 10.9 Å². The van der Waals surface area contributed by atoms with E-state index in [1.165, 1.54) is 0 Å². The quantitative estimate of drug-likeness (QED) is 0.676. The molecule has 3 rings (SSSR count). The van der Waals surface area contributed by atoms with Gasteiger partial charge in [-0.15, -0.1) is 0 Å². The number of carboxylic acid groups (broad SMARTS) is 1. The van der Waals surface area contributed by atoms with Crippen molar-refractivity contribution in [1.29, 1.82) is 0 Å². The molecule has 0 spiro atoms. The van der Waals surface area contributed by atoms with Crippen molar-refractivity contribution in [3.63, 3.8) is 0 Å². The van der Waals surface area contributed by atoms with E-state index in [2.05, 4.69) is 20.6 Å². The van der Waals surface area contributed by atoms with Gasteiger partial charge in [0.1, 0.15) is 17.2 Å². The molecule has 162 valence electrons. The van der Waals surface area contributed by atoms with Crippen LogP contribution in [0, 0.1) is 0 Å². The Kier molecular flexibility index (Phi) is 6.28. The number of alkyl carbamates (subject to hydrolysis) is 1. The molecule has 2 aromatic rings. The van der Waals surface area contributed by atoms with Crippen molar-refractivity contribution in [3.8, 4) is 5.75 Å². The molecular formula is C21H28N4O5. The molecule has 2 atom stereocenters. The molecule has 9 nitrogen and oxygen atoms in total. The number of benzene rings is 1. The van der Waals surface area contributed by atoms with E-state index in [9.17, 15) is 14.7 Å². The predicted molar refractivity (Wildman–Crippen MR) is 112 cm³/mol. The van der Waals surface area contributed by atoms with Crippen molar-refractivity contribution < 1.29 is 24.2 Å². The van der Waals surface area contributed by atoms with Gasteiger partial charge < -0.3 is 25.2 Å². The highest BCUT2D eigenvalue weighted by molar-refractivity contribution is 5.94. The Morgan fingerprint density at radius 2 is 1.83 bits per heavy atom. The maximum absolute atomic E-state index is 12.3. The lowest BCUT2D eigenvalue weighted by molar-refractivity contribution is 0.0488. The van der Waals surface area contributed by atoms with Crippen molar-refractivity contribution in [3.05, 3.63) is 24.0 Å². The molecule has 0 saturated heterocycles. The van der Waals surface area contributed by atoms with Gasteiger partial charge in [-0.05, 0) is 51.8 Å². The number of hydrogen-bond acceptors (Lipinski definition) is 7. The van der Waals surface area contributed by atoms with Crippen LogP contribution in [0.15, 0.2) is 18.2 Å². The molecule has 1 aromatic heterocycles. The van der Waals surface area contributed by atoms with Crippen LogP contribution in [0.5, 0.6) is 5.75 Å². The highest BCUT2D eigenvalue weighted by atomic mass is 16.6. The molecule has 1 saturated carbocycles. The standard InChI is InChI=1S/C21H28N4O5/c1-21(2,3)30-20(28)24-16-8-6-5-7-15(16)23-17-13-11-12(29-4)9-10-14(13)22-18(25-17)19(26)27/h9-11,15-16H,5-8H2,1-4H3,(H,24,28)(H,26,27)(H,22,23,25). The number of amides is 1. The number of carboxylic acids is 1. The first kappa shape index (κ1) is 21.6. The van der Waals surface area contributed by atoms with Gasteiger partial charge in [-0.25, -0.2) is 19.6 Å². The third-order valence-electron chi connectivity index (χ3n) is 4.88. The molecule has 30 heavy (non-hydrogen) atoms. The summed E-state index contributed by atoms with van der Waals surface area (Å²) in [6.07, 6.45) is 3.09. The number of aromatic carboxylic acids is 1. The lowest BCUT2D eigenvalue weighted by Crippen LogP contribution is -2.50. The smallest absolute Gasteiger partial charge is 0.407 e. The first-order valence-corrected chi connectivity index (χ1v) is 10.0. The number of methoxy groups -OCH3 is 1. The summed E-state index contributed by atoms with van der Waals surface area (Å²) in [6, 6.07) is 4.89. The van der Waals surface area contributed by atoms with Gasteiger partial charge in [-0.3, -0.25) is 0 Å². The number of rotatable bonds is 5. The molecule has 1 heterocycles. The zero-order chi connectivity index (χ0) is 21.9. The second-order valence-electron chi connectivity index (χ2n) is 8.37. The third kappa shape index (κ3) is 5.28. The van der Waals surface area contributed by atoms with Gasteiger partial charge >= 0.3 is 12.1 Å². The number of carbonyl (C=O) groups excluding carboxylic acids is 1. The van der Waals surface area contributed by atoms with Gasteiger partial charge in [-0.1, -0.05) is 12.8 Å². The van der Waals surface area contributed by atoms with Gasteiger partial charge in [-0.2, -0.15) is 0 Å². The maximum Gasteiger partial charge on any atom is 0.407 e. The number of anilines is 1. The van der Waals surface area contributed by atoms with Crippen molar-refractivity contribution >= 4 is 28.8 Å². The van der Waals surface area contributed by atoms with Gasteiger partial charge in [0.25, 0.3) is 0 Å². The van der Waals surface area contributed by atoms with Crippen molar-refractivity contribution in [1.82, 2.24) is 15.3 Å². The highest BCUT2D eigenvalue weighted by Gasteiger charge is 2.29. The average molecular weight is 416 g/mol. The summed E-state index contributed by atoms with van der Waals surface area (Å²) in [5.74, 6) is -0.478. The van der Waals surface area contributed by atoms with E-state index >= 15 is 0 Å². The Morgan fingerprint density at radius 3 is 2.47 bits per heavy atom. The first-order chi connectivity index (χ1) is 14.2. The summed E-state index contributed by atoms with van der Waals surface area (Å²) in [5.41, 5.74) is -0.0875. The van der Waals surface area contributed by atoms with E-state index in [-0.39, 0.29) is 17.9 Å². The van der Waals surface area contributed by atoms with Crippen LogP contribution >= 0.6 is 0 Å². The first-order valence-electron chi connectivity index (χ1n) is 10.0. The minimum atomic E-state index is -1.21. The van der Waals surface area contributed by atoms with Crippen molar-refractivity contribution in [2.75, 3.05) is 12.4 Å². The van der Waals surface area contributed by atoms with Gasteiger partial charge in [0.05, 0.1) is 18.7 Å². The number of nitrogens with zero attached hydrogens (tertiary/aromatic N) is 2. The number of ether oxygens (including phenoxy) is 2. The molecule has 1 aromatic carbocycles. The van der Waals surface area contributed by atoms with Crippen LogP contribution in [0.3, 0.4) is 0 Å². The molecule has 3 N–H and O–H groups in total. The van der Waals surface area contributed by atoms with E-state index in [0.717, 1.165) is 25.7 Å². The minimum absolute atomic E-state index is 0.128. The summed E-state index contributed by atoms with van der Waals surface area (Å²) in [4.78, 5) is 32.1. The van der Waals surface area contributed by atoms with Gasteiger partial charge in [0.15, 0.2) is 0 Å². The third-order valence-corrected chi connectivity index (χ3v) is 4.88. The fourth-order valence-electron chi connectivity index (χ4n) is 3.55. The molecule has 9 heteroatoms. The minimum Gasteiger partial charge on any atom is -0.497 e. The van der Waals surface area contributed by atoms with Crippen LogP contribution in [0.2, 0.25) is 0 Å². The Balaban J connectivity index is 1.90. The van der Waals surface area contributed by atoms with E-state index in [0.29, 0.717) is 22.5 Å². The van der Waals surface area contributed by atoms with Crippen LogP contribution in [0.4, 0.5) is 10.6 Å². The average Bonchev–Trinajstić information content (AvgIpc) is 2.67. The predicted octanol–water partition coefficient (Wildman–Crippen LogP) is 3.58. The SMILES string of the molecule is COc1ccc2nc(C(=O)O)nc(NC3CCCCC3NC(=O)OC(C)(C)C)c2c1. The molecule has 1 fully saturated rings. The van der Waals surface area contributed by atoms with Gasteiger partial charge in [0.2, 0.25) is 5.82 Å². The van der Waals surface area contributed by atoms with Crippen molar-refractivity contribution in [2.45, 2.75) is 64.1 Å². The van der Waals surface area contributed by atoms with Crippen molar-refractivity contribution in [2.24, 2.45) is 0 Å². The highest BCUT2D eigenvalue weighted by Crippen LogP contribution is 2.29. The lowest BCUT2D eigenvalue weighted by atomic mass is 9.90. The topological polar surface area (TPSA) is 123 Å². The molecule has 0 aliphatic heterocycles. The van der Waals surface area contributed by atoms with Crippen LogP contribution < -0.4 is 15.4 Å². The summed E-state index contributed by atoms with van der Waals surface area (Å²) in [6.45, 7) is 5.45. The van der Waals surface area contributed by atoms with Crippen LogP contribution in [-0.2, 0) is 4.74 Å². The fraction of sp³-hybridized carbons (Fsp3) is 0.524. The Hall–Kier alpha value is -3.10. The molecule has 1 amide bonds. The molecule has 0 bridgehead atoms. The monoisotopic (exact) mass is 416 g/mol. The number of nitrogens with one attached hydrogen (secondary N) is 2. The normalized spacial score (nSPS) is 19.2. The number of fused-ring (bicyclic) bond motifs is 1. The zero-order valence-electron chi connectivity index (χ0n) is 17.7. The van der Waals surface area contributed by atoms with Gasteiger partial charge in [0, 0.05) is 11.4 Å². The molecule has 1 aliphatic rings. The van der Waals surface area contributed by atoms with E-state index in [4.69, 9.17) is 9.47 Å². The Labute approximate surface area is 175 Å². The summed E-state index contributed by atoms with van der Waals surface area (Å²) < 4.78 is 10.7. The van der Waals surface area contributed by atoms with E-state index in [1.807, 2.05) is 20.8 Å². The second kappa shape index (κ2) is 8.73.